The summed E-state index contributed by atoms with van der Waals surface area (Å²) in [6.45, 7) is 1.92. The summed E-state index contributed by atoms with van der Waals surface area (Å²) >= 11 is 0. The predicted octanol–water partition coefficient (Wildman–Crippen LogP) is 2.37. The largest absolute Gasteiger partial charge is 0.309 e. The van der Waals surface area contributed by atoms with Gasteiger partial charge < -0.3 is 5.32 Å². The van der Waals surface area contributed by atoms with Gasteiger partial charge in [-0.2, -0.15) is 10.2 Å². The number of carbonyl (C=O) groups excluding carboxylic acids is 1. The van der Waals surface area contributed by atoms with Crippen molar-refractivity contribution in [3.8, 4) is 11.3 Å². The summed E-state index contributed by atoms with van der Waals surface area (Å²) in [7, 11) is 1.76. The van der Waals surface area contributed by atoms with Gasteiger partial charge in [0.15, 0.2) is 0 Å². The predicted molar refractivity (Wildman–Crippen MR) is 84.2 cm³/mol. The number of hydrogen-bond donors (Lipinski definition) is 1. The van der Waals surface area contributed by atoms with Gasteiger partial charge in [0.1, 0.15) is 18.2 Å². The maximum absolute atomic E-state index is 13.2. The highest BCUT2D eigenvalue weighted by molar-refractivity contribution is 5.89. The quantitative estimate of drug-likeness (QED) is 0.804. The number of rotatable bonds is 4. The molecule has 0 aliphatic heterocycles. The van der Waals surface area contributed by atoms with Crippen LogP contribution in [0.25, 0.3) is 11.3 Å². The third kappa shape index (κ3) is 3.45. The molecule has 0 aliphatic rings. The van der Waals surface area contributed by atoms with Crippen LogP contribution in [0.3, 0.4) is 0 Å². The minimum Gasteiger partial charge on any atom is -0.309 e. The first-order valence-electron chi connectivity index (χ1n) is 7.11. The van der Waals surface area contributed by atoms with Crippen molar-refractivity contribution in [2.45, 2.75) is 13.5 Å². The van der Waals surface area contributed by atoms with Gasteiger partial charge in [-0.3, -0.25) is 14.2 Å². The van der Waals surface area contributed by atoms with Crippen molar-refractivity contribution in [1.29, 1.82) is 0 Å². The fourth-order valence-electron chi connectivity index (χ4n) is 2.31. The summed E-state index contributed by atoms with van der Waals surface area (Å²) < 4.78 is 16.4. The highest BCUT2D eigenvalue weighted by Crippen LogP contribution is 2.17. The van der Waals surface area contributed by atoms with Crippen LogP contribution in [0.2, 0.25) is 0 Å². The van der Waals surface area contributed by atoms with E-state index in [-0.39, 0.29) is 18.3 Å². The zero-order valence-corrected chi connectivity index (χ0v) is 12.8. The number of anilines is 1. The maximum Gasteiger partial charge on any atom is 0.247 e. The average Bonchev–Trinajstić information content (AvgIpc) is 3.06. The van der Waals surface area contributed by atoms with E-state index in [0.29, 0.717) is 17.1 Å². The van der Waals surface area contributed by atoms with Crippen LogP contribution >= 0.6 is 0 Å². The Morgan fingerprint density at radius 1 is 1.26 bits per heavy atom. The molecule has 118 valence electrons. The second-order valence-electron chi connectivity index (χ2n) is 5.25. The van der Waals surface area contributed by atoms with Gasteiger partial charge in [-0.15, -0.1) is 0 Å². The number of benzene rings is 1. The molecule has 2 heterocycles. The number of amides is 1. The van der Waals surface area contributed by atoms with Gasteiger partial charge in [-0.1, -0.05) is 12.1 Å². The molecule has 2 aromatic heterocycles. The molecule has 0 saturated heterocycles. The van der Waals surface area contributed by atoms with E-state index in [0.717, 1.165) is 5.69 Å². The minimum absolute atomic E-state index is 0.0690. The van der Waals surface area contributed by atoms with Gasteiger partial charge in [0.05, 0.1) is 11.4 Å². The summed E-state index contributed by atoms with van der Waals surface area (Å²) in [6.07, 6.45) is 1.69. The van der Waals surface area contributed by atoms with E-state index in [1.165, 1.54) is 16.8 Å². The number of aryl methyl sites for hydroxylation is 2. The van der Waals surface area contributed by atoms with E-state index in [1.54, 1.807) is 42.2 Å². The van der Waals surface area contributed by atoms with Crippen molar-refractivity contribution < 1.29 is 9.18 Å². The van der Waals surface area contributed by atoms with Crippen LogP contribution < -0.4 is 5.32 Å². The Labute approximate surface area is 132 Å². The Kier molecular flexibility index (Phi) is 3.92. The van der Waals surface area contributed by atoms with E-state index >= 15 is 0 Å². The summed E-state index contributed by atoms with van der Waals surface area (Å²) in [5.41, 5.74) is 2.12. The van der Waals surface area contributed by atoms with Crippen LogP contribution in [0.5, 0.6) is 0 Å². The first kappa shape index (κ1) is 15.0. The standard InChI is InChI=1S/C16H16FN5O/c1-11-8-15(21(2)19-11)18-16(23)10-22-7-6-14(20-22)12-4-3-5-13(17)9-12/h3-9H,10H2,1-2H3,(H,18,23). The lowest BCUT2D eigenvalue weighted by molar-refractivity contribution is -0.116. The molecule has 1 amide bonds. The van der Waals surface area contributed by atoms with Crippen molar-refractivity contribution in [1.82, 2.24) is 19.6 Å². The number of halogens is 1. The summed E-state index contributed by atoms with van der Waals surface area (Å²) in [5, 5.41) is 11.2. The van der Waals surface area contributed by atoms with Crippen LogP contribution in [-0.4, -0.2) is 25.5 Å². The van der Waals surface area contributed by atoms with E-state index < -0.39 is 0 Å². The monoisotopic (exact) mass is 313 g/mol. The van der Waals surface area contributed by atoms with Crippen LogP contribution in [0.1, 0.15) is 5.69 Å². The van der Waals surface area contributed by atoms with Crippen LogP contribution in [0, 0.1) is 12.7 Å². The molecule has 0 bridgehead atoms. The van der Waals surface area contributed by atoms with Gasteiger partial charge in [0.25, 0.3) is 0 Å². The first-order valence-corrected chi connectivity index (χ1v) is 7.11. The zero-order chi connectivity index (χ0) is 16.4. The highest BCUT2D eigenvalue weighted by atomic mass is 19.1. The molecule has 0 radical (unpaired) electrons. The molecule has 6 nitrogen and oxygen atoms in total. The van der Waals surface area contributed by atoms with E-state index in [1.807, 2.05) is 6.92 Å². The fourth-order valence-corrected chi connectivity index (χ4v) is 2.31. The highest BCUT2D eigenvalue weighted by Gasteiger charge is 2.09. The lowest BCUT2D eigenvalue weighted by Gasteiger charge is -2.05. The Balaban J connectivity index is 1.69. The number of nitrogens with zero attached hydrogens (tertiary/aromatic N) is 4. The van der Waals surface area contributed by atoms with Gasteiger partial charge in [-0.25, -0.2) is 4.39 Å². The second-order valence-corrected chi connectivity index (χ2v) is 5.25. The zero-order valence-electron chi connectivity index (χ0n) is 12.8. The lowest BCUT2D eigenvalue weighted by Crippen LogP contribution is -2.20. The molecular formula is C16H16FN5O. The topological polar surface area (TPSA) is 64.7 Å². The fraction of sp³-hybridized carbons (Fsp3) is 0.188. The van der Waals surface area contributed by atoms with E-state index in [4.69, 9.17) is 0 Å². The van der Waals surface area contributed by atoms with Crippen LogP contribution in [0.4, 0.5) is 10.2 Å². The van der Waals surface area contributed by atoms with E-state index in [9.17, 15) is 9.18 Å². The second kappa shape index (κ2) is 6.04. The molecule has 0 atom stereocenters. The molecule has 0 spiro atoms. The minimum atomic E-state index is -0.318. The lowest BCUT2D eigenvalue weighted by atomic mass is 10.1. The Morgan fingerprint density at radius 2 is 2.09 bits per heavy atom. The van der Waals surface area contributed by atoms with Crippen molar-refractivity contribution >= 4 is 11.7 Å². The van der Waals surface area contributed by atoms with Gasteiger partial charge in [0, 0.05) is 24.9 Å². The Morgan fingerprint density at radius 3 is 2.78 bits per heavy atom. The van der Waals surface area contributed by atoms with Crippen molar-refractivity contribution in [3.63, 3.8) is 0 Å². The molecule has 3 rings (SSSR count). The van der Waals surface area contributed by atoms with Gasteiger partial charge >= 0.3 is 0 Å². The van der Waals surface area contributed by atoms with Gasteiger partial charge in [-0.05, 0) is 25.1 Å². The molecule has 0 saturated carbocycles. The molecule has 1 aromatic carbocycles. The first-order chi connectivity index (χ1) is 11.0. The third-order valence-corrected chi connectivity index (χ3v) is 3.34. The Bertz CT molecular complexity index is 852. The van der Waals surface area contributed by atoms with Crippen LogP contribution in [0.15, 0.2) is 42.6 Å². The van der Waals surface area contributed by atoms with Crippen LogP contribution in [-0.2, 0) is 18.4 Å². The summed E-state index contributed by atoms with van der Waals surface area (Å²) in [6, 6.07) is 9.72. The van der Waals surface area contributed by atoms with Gasteiger partial charge in [0.2, 0.25) is 5.91 Å². The number of hydrogen-bond acceptors (Lipinski definition) is 3. The molecular weight excluding hydrogens is 297 g/mol. The SMILES string of the molecule is Cc1cc(NC(=O)Cn2ccc(-c3cccc(F)c3)n2)n(C)n1. The molecule has 23 heavy (non-hydrogen) atoms. The third-order valence-electron chi connectivity index (χ3n) is 3.34. The van der Waals surface area contributed by atoms with Crippen molar-refractivity contribution in [3.05, 3.63) is 54.1 Å². The van der Waals surface area contributed by atoms with E-state index in [2.05, 4.69) is 15.5 Å². The summed E-state index contributed by atoms with van der Waals surface area (Å²) in [5.74, 6) is 0.105. The molecule has 7 heteroatoms. The smallest absolute Gasteiger partial charge is 0.247 e. The molecule has 0 fully saturated rings. The number of aromatic nitrogens is 4. The number of carbonyl (C=O) groups is 1. The maximum atomic E-state index is 13.2. The molecule has 0 aliphatic carbocycles. The molecule has 1 N–H and O–H groups in total. The molecule has 3 aromatic rings. The number of nitrogens with one attached hydrogen (secondary N) is 1. The average molecular weight is 313 g/mol. The van der Waals surface area contributed by atoms with Crippen molar-refractivity contribution in [2.75, 3.05) is 5.32 Å². The normalized spacial score (nSPS) is 10.7. The van der Waals surface area contributed by atoms with Crippen molar-refractivity contribution in [2.24, 2.45) is 7.05 Å². The molecule has 0 unspecified atom stereocenters. The summed E-state index contributed by atoms with van der Waals surface area (Å²) in [4.78, 5) is 12.1. The Hall–Kier alpha value is -2.96.